The molecular weight excluding hydrogens is 416 g/mol. The third-order valence-electron chi connectivity index (χ3n) is 6.21. The average Bonchev–Trinajstić information content (AvgIpc) is 3.11. The van der Waals surface area contributed by atoms with Crippen molar-refractivity contribution in [3.8, 4) is 0 Å². The Labute approximate surface area is 194 Å². The minimum atomic E-state index is -0.539. The Morgan fingerprint density at radius 2 is 1.73 bits per heavy atom. The van der Waals surface area contributed by atoms with Crippen LogP contribution in [0.4, 0.5) is 4.79 Å². The molecule has 0 fully saturated rings. The molecule has 2 aliphatic heterocycles. The summed E-state index contributed by atoms with van der Waals surface area (Å²) in [5, 5.41) is 5.81. The van der Waals surface area contributed by atoms with E-state index >= 15 is 0 Å². The molecule has 1 atom stereocenters. The smallest absolute Gasteiger partial charge is 0.322 e. The van der Waals surface area contributed by atoms with Gasteiger partial charge in [0.2, 0.25) is 5.91 Å². The van der Waals surface area contributed by atoms with Crippen LogP contribution in [0, 0.1) is 0 Å². The van der Waals surface area contributed by atoms with Crippen molar-refractivity contribution in [1.29, 1.82) is 0 Å². The van der Waals surface area contributed by atoms with Crippen LogP contribution in [-0.4, -0.2) is 47.8 Å². The number of nitrogens with zero attached hydrogens (tertiary/aromatic N) is 2. The molecule has 2 heterocycles. The van der Waals surface area contributed by atoms with Gasteiger partial charge in [-0.25, -0.2) is 4.79 Å². The molecular formula is C26H30N4O3. The normalized spacial score (nSPS) is 18.4. The van der Waals surface area contributed by atoms with E-state index in [2.05, 4.69) is 31.4 Å². The number of carbonyl (C=O) groups excluding carboxylic acids is 3. The van der Waals surface area contributed by atoms with Gasteiger partial charge in [0.1, 0.15) is 6.54 Å². The lowest BCUT2D eigenvalue weighted by Crippen LogP contribution is -2.45. The van der Waals surface area contributed by atoms with E-state index < -0.39 is 6.04 Å². The fraction of sp³-hybridized carbons (Fsp3) is 0.346. The van der Waals surface area contributed by atoms with E-state index in [0.717, 1.165) is 11.1 Å². The van der Waals surface area contributed by atoms with Crippen molar-refractivity contribution in [1.82, 2.24) is 20.4 Å². The SMILES string of the molecule is CN1C(=O)N[C@@H](c2ccc(C(C)(C)C)cc2)C2=C1CN(CC(=O)NCc1ccccc1)C2=O. The molecule has 0 saturated carbocycles. The number of rotatable bonds is 5. The van der Waals surface area contributed by atoms with Gasteiger partial charge in [0.15, 0.2) is 0 Å². The first-order valence-corrected chi connectivity index (χ1v) is 11.1. The molecule has 2 aromatic rings. The maximum absolute atomic E-state index is 13.3. The maximum Gasteiger partial charge on any atom is 0.322 e. The van der Waals surface area contributed by atoms with Crippen LogP contribution in [0.3, 0.4) is 0 Å². The second kappa shape index (κ2) is 8.73. The minimum Gasteiger partial charge on any atom is -0.350 e. The number of hydrogen-bond donors (Lipinski definition) is 2. The Bertz CT molecular complexity index is 1100. The lowest BCUT2D eigenvalue weighted by atomic mass is 9.85. The van der Waals surface area contributed by atoms with Gasteiger partial charge in [0.05, 0.1) is 23.9 Å². The van der Waals surface area contributed by atoms with Gasteiger partial charge in [0.25, 0.3) is 5.91 Å². The Kier molecular flexibility index (Phi) is 5.97. The zero-order valence-corrected chi connectivity index (χ0v) is 19.5. The van der Waals surface area contributed by atoms with Crippen molar-refractivity contribution in [2.75, 3.05) is 20.1 Å². The van der Waals surface area contributed by atoms with Crippen molar-refractivity contribution in [3.05, 3.63) is 82.6 Å². The van der Waals surface area contributed by atoms with E-state index in [4.69, 9.17) is 0 Å². The largest absolute Gasteiger partial charge is 0.350 e. The van der Waals surface area contributed by atoms with Crippen molar-refractivity contribution in [3.63, 3.8) is 0 Å². The van der Waals surface area contributed by atoms with Crippen molar-refractivity contribution < 1.29 is 14.4 Å². The van der Waals surface area contributed by atoms with Crippen LogP contribution in [0.2, 0.25) is 0 Å². The van der Waals surface area contributed by atoms with E-state index in [-0.39, 0.29) is 36.3 Å². The summed E-state index contributed by atoms with van der Waals surface area (Å²) < 4.78 is 0. The number of nitrogens with one attached hydrogen (secondary N) is 2. The number of hydrogen-bond acceptors (Lipinski definition) is 3. The van der Waals surface area contributed by atoms with Gasteiger partial charge < -0.3 is 15.5 Å². The first kappa shape index (κ1) is 22.6. The topological polar surface area (TPSA) is 81.8 Å². The second-order valence-corrected chi connectivity index (χ2v) is 9.60. The zero-order valence-electron chi connectivity index (χ0n) is 19.5. The molecule has 0 aliphatic carbocycles. The summed E-state index contributed by atoms with van der Waals surface area (Å²) in [7, 11) is 1.65. The summed E-state index contributed by atoms with van der Waals surface area (Å²) in [6, 6.07) is 16.8. The minimum absolute atomic E-state index is 0.00603. The van der Waals surface area contributed by atoms with Crippen LogP contribution in [0.5, 0.6) is 0 Å². The molecule has 172 valence electrons. The van der Waals surface area contributed by atoms with Gasteiger partial charge in [-0.1, -0.05) is 75.4 Å². The molecule has 0 unspecified atom stereocenters. The molecule has 4 amide bonds. The van der Waals surface area contributed by atoms with E-state index in [1.807, 2.05) is 54.6 Å². The van der Waals surface area contributed by atoms with Crippen LogP contribution in [0.15, 0.2) is 65.9 Å². The number of likely N-dealkylation sites (N-methyl/N-ethyl adjacent to an activating group) is 1. The predicted molar refractivity (Wildman–Crippen MR) is 126 cm³/mol. The highest BCUT2D eigenvalue weighted by molar-refractivity contribution is 6.02. The number of carbonyl (C=O) groups is 3. The Morgan fingerprint density at radius 1 is 1.06 bits per heavy atom. The van der Waals surface area contributed by atoms with Gasteiger partial charge in [-0.05, 0) is 22.1 Å². The molecule has 0 aromatic heterocycles. The van der Waals surface area contributed by atoms with Crippen molar-refractivity contribution >= 4 is 17.8 Å². The average molecular weight is 447 g/mol. The van der Waals surface area contributed by atoms with Gasteiger partial charge in [-0.15, -0.1) is 0 Å². The fourth-order valence-electron chi connectivity index (χ4n) is 4.20. The van der Waals surface area contributed by atoms with E-state index in [0.29, 0.717) is 17.8 Å². The standard InChI is InChI=1S/C26H30N4O3/c1-26(2,3)19-12-10-18(11-13-19)23-22-20(29(4)25(33)28-23)15-30(24(22)32)16-21(31)27-14-17-8-6-5-7-9-17/h5-13,23H,14-16H2,1-4H3,(H,27,31)(H,28,33)/t23-/m0/s1. The number of amides is 4. The molecule has 0 spiro atoms. The van der Waals surface area contributed by atoms with Gasteiger partial charge in [-0.3, -0.25) is 14.5 Å². The zero-order chi connectivity index (χ0) is 23.8. The summed E-state index contributed by atoms with van der Waals surface area (Å²) in [5.41, 5.74) is 4.19. The third kappa shape index (κ3) is 4.62. The Balaban J connectivity index is 1.50. The van der Waals surface area contributed by atoms with Crippen LogP contribution < -0.4 is 10.6 Å². The molecule has 2 aromatic carbocycles. The summed E-state index contributed by atoms with van der Waals surface area (Å²) in [4.78, 5) is 41.4. The van der Waals surface area contributed by atoms with Gasteiger partial charge in [-0.2, -0.15) is 0 Å². The predicted octanol–water partition coefficient (Wildman–Crippen LogP) is 3.09. The van der Waals surface area contributed by atoms with E-state index in [1.54, 1.807) is 7.05 Å². The highest BCUT2D eigenvalue weighted by Gasteiger charge is 2.43. The first-order chi connectivity index (χ1) is 15.6. The second-order valence-electron chi connectivity index (χ2n) is 9.60. The molecule has 33 heavy (non-hydrogen) atoms. The molecule has 2 aliphatic rings. The lowest BCUT2D eigenvalue weighted by Gasteiger charge is -2.31. The summed E-state index contributed by atoms with van der Waals surface area (Å²) in [5.74, 6) is -0.461. The number of urea groups is 1. The monoisotopic (exact) mass is 446 g/mol. The molecule has 7 nitrogen and oxygen atoms in total. The molecule has 2 N–H and O–H groups in total. The van der Waals surface area contributed by atoms with Gasteiger partial charge in [0, 0.05) is 13.6 Å². The van der Waals surface area contributed by atoms with Crippen LogP contribution >= 0.6 is 0 Å². The third-order valence-corrected chi connectivity index (χ3v) is 6.21. The molecule has 0 saturated heterocycles. The number of benzene rings is 2. The summed E-state index contributed by atoms with van der Waals surface area (Å²) in [6.07, 6.45) is 0. The maximum atomic E-state index is 13.3. The molecule has 4 rings (SSSR count). The van der Waals surface area contributed by atoms with Crippen LogP contribution in [0.25, 0.3) is 0 Å². The van der Waals surface area contributed by atoms with Crippen LogP contribution in [0.1, 0.15) is 43.5 Å². The van der Waals surface area contributed by atoms with E-state index in [9.17, 15) is 14.4 Å². The van der Waals surface area contributed by atoms with E-state index in [1.165, 1.54) is 15.4 Å². The lowest BCUT2D eigenvalue weighted by molar-refractivity contribution is -0.132. The highest BCUT2D eigenvalue weighted by atomic mass is 16.2. The summed E-state index contributed by atoms with van der Waals surface area (Å²) in [6.45, 7) is 6.99. The Morgan fingerprint density at radius 3 is 2.36 bits per heavy atom. The quantitative estimate of drug-likeness (QED) is 0.741. The molecule has 0 bridgehead atoms. The van der Waals surface area contributed by atoms with Crippen LogP contribution in [-0.2, 0) is 21.5 Å². The molecule has 7 heteroatoms. The van der Waals surface area contributed by atoms with Crippen molar-refractivity contribution in [2.45, 2.75) is 38.8 Å². The van der Waals surface area contributed by atoms with Gasteiger partial charge >= 0.3 is 6.03 Å². The fourth-order valence-corrected chi connectivity index (χ4v) is 4.20. The molecule has 0 radical (unpaired) electrons. The summed E-state index contributed by atoms with van der Waals surface area (Å²) >= 11 is 0. The van der Waals surface area contributed by atoms with Crippen molar-refractivity contribution in [2.24, 2.45) is 0 Å². The highest BCUT2D eigenvalue weighted by Crippen LogP contribution is 2.36. The Hall–Kier alpha value is -3.61. The first-order valence-electron chi connectivity index (χ1n) is 11.1.